The number of benzene rings is 2. The summed E-state index contributed by atoms with van der Waals surface area (Å²) in [5.74, 6) is -0.185. The van der Waals surface area contributed by atoms with Gasteiger partial charge in [-0.15, -0.1) is 0 Å². The summed E-state index contributed by atoms with van der Waals surface area (Å²) < 4.78 is 0. The highest BCUT2D eigenvalue weighted by Crippen LogP contribution is 2.24. The number of pyridine rings is 1. The molecule has 1 saturated heterocycles. The minimum Gasteiger partial charge on any atom is -0.494 e. The monoisotopic (exact) mass is 392 g/mol. The van der Waals surface area contributed by atoms with Crippen LogP contribution in [0, 0.1) is 0 Å². The number of hydrogen-bond donors (Lipinski definition) is 3. The molecule has 0 unspecified atom stereocenters. The van der Waals surface area contributed by atoms with Gasteiger partial charge >= 0.3 is 0 Å². The Labute approximate surface area is 168 Å². The van der Waals surface area contributed by atoms with Gasteiger partial charge in [0.25, 0.3) is 5.56 Å². The van der Waals surface area contributed by atoms with Crippen molar-refractivity contribution in [3.8, 4) is 5.88 Å². The molecule has 3 aromatic rings. The minimum atomic E-state index is -0.321. The molecule has 0 atom stereocenters. The number of rotatable bonds is 5. The van der Waals surface area contributed by atoms with Gasteiger partial charge in [0.2, 0.25) is 5.88 Å². The number of nitrogens with zero attached hydrogens (tertiary/aromatic N) is 3. The molecule has 1 aliphatic rings. The Hall–Kier alpha value is -3.16. The highest BCUT2D eigenvalue weighted by Gasteiger charge is 2.16. The van der Waals surface area contributed by atoms with Gasteiger partial charge in [-0.1, -0.05) is 18.2 Å². The van der Waals surface area contributed by atoms with E-state index in [-0.39, 0.29) is 18.0 Å². The predicted octanol–water partition coefficient (Wildman–Crippen LogP) is 2.10. The van der Waals surface area contributed by atoms with E-state index in [1.165, 1.54) is 0 Å². The van der Waals surface area contributed by atoms with E-state index in [0.717, 1.165) is 44.1 Å². The van der Waals surface area contributed by atoms with Crippen LogP contribution in [0.4, 0.5) is 11.4 Å². The second-order valence-corrected chi connectivity index (χ2v) is 7.09. The quantitative estimate of drug-likeness (QED) is 0.579. The van der Waals surface area contributed by atoms with Crippen LogP contribution in [0.25, 0.3) is 10.8 Å². The van der Waals surface area contributed by atoms with Crippen molar-refractivity contribution < 1.29 is 10.2 Å². The minimum absolute atomic E-state index is 0.185. The molecule has 0 aliphatic carbocycles. The Morgan fingerprint density at radius 3 is 2.38 bits per heavy atom. The summed E-state index contributed by atoms with van der Waals surface area (Å²) in [6, 6.07) is 15.1. The van der Waals surface area contributed by atoms with Gasteiger partial charge in [0.15, 0.2) is 0 Å². The number of aliphatic hydroxyl groups excluding tert-OH is 1. The molecular formula is C22H24N4O3. The van der Waals surface area contributed by atoms with Crippen molar-refractivity contribution in [2.45, 2.75) is 0 Å². The Morgan fingerprint density at radius 2 is 1.69 bits per heavy atom. The van der Waals surface area contributed by atoms with Crippen LogP contribution >= 0.6 is 0 Å². The van der Waals surface area contributed by atoms with Gasteiger partial charge in [0.1, 0.15) is 0 Å². The first kappa shape index (κ1) is 19.2. The smallest absolute Gasteiger partial charge is 0.258 e. The molecule has 3 N–H and O–H groups in total. The molecule has 1 aliphatic heterocycles. The van der Waals surface area contributed by atoms with E-state index in [9.17, 15) is 9.90 Å². The summed E-state index contributed by atoms with van der Waals surface area (Å²) in [5, 5.41) is 20.4. The topological polar surface area (TPSA) is 92.2 Å². The lowest BCUT2D eigenvalue weighted by Crippen LogP contribution is -2.47. The predicted molar refractivity (Wildman–Crippen MR) is 116 cm³/mol. The number of anilines is 1. The van der Waals surface area contributed by atoms with Gasteiger partial charge in [-0.25, -0.2) is 0 Å². The van der Waals surface area contributed by atoms with Gasteiger partial charge in [0.05, 0.1) is 17.9 Å². The summed E-state index contributed by atoms with van der Waals surface area (Å²) in [6.07, 6.45) is 1.58. The molecule has 7 nitrogen and oxygen atoms in total. The fourth-order valence-electron chi connectivity index (χ4n) is 3.68. The molecule has 0 radical (unpaired) electrons. The Morgan fingerprint density at radius 1 is 1.00 bits per heavy atom. The summed E-state index contributed by atoms with van der Waals surface area (Å²) >= 11 is 0. The van der Waals surface area contributed by atoms with Gasteiger partial charge in [0, 0.05) is 55.4 Å². The maximum absolute atomic E-state index is 12.0. The van der Waals surface area contributed by atoms with Crippen molar-refractivity contribution in [2.24, 2.45) is 4.99 Å². The number of aliphatic hydroxyl groups is 1. The SMILES string of the molecule is O=c1[nH]c(O)c(C=Nc2ccc(N3CCN(CCO)CC3)cc2)c2ccccc12. The molecule has 2 heterocycles. The number of H-pyrrole nitrogens is 1. The van der Waals surface area contributed by atoms with E-state index in [1.807, 2.05) is 30.3 Å². The second-order valence-electron chi connectivity index (χ2n) is 7.09. The number of fused-ring (bicyclic) bond motifs is 1. The van der Waals surface area contributed by atoms with Crippen LogP contribution in [0.1, 0.15) is 5.56 Å². The number of aromatic nitrogens is 1. The Kier molecular flexibility index (Phi) is 5.59. The zero-order chi connectivity index (χ0) is 20.2. The van der Waals surface area contributed by atoms with E-state index >= 15 is 0 Å². The number of aromatic hydroxyl groups is 1. The highest BCUT2D eigenvalue weighted by atomic mass is 16.3. The summed E-state index contributed by atoms with van der Waals surface area (Å²) in [7, 11) is 0. The lowest BCUT2D eigenvalue weighted by atomic mass is 10.1. The van der Waals surface area contributed by atoms with Crippen LogP contribution < -0.4 is 10.5 Å². The molecule has 0 bridgehead atoms. The molecular weight excluding hydrogens is 368 g/mol. The molecule has 29 heavy (non-hydrogen) atoms. The van der Waals surface area contributed by atoms with Crippen LogP contribution in [0.15, 0.2) is 58.3 Å². The van der Waals surface area contributed by atoms with Crippen molar-refractivity contribution in [1.82, 2.24) is 9.88 Å². The number of aliphatic imine (C=N–C) groups is 1. The largest absolute Gasteiger partial charge is 0.494 e. The maximum atomic E-state index is 12.0. The van der Waals surface area contributed by atoms with Gasteiger partial charge < -0.3 is 15.1 Å². The Bertz CT molecular complexity index is 1070. The summed E-state index contributed by atoms with van der Waals surface area (Å²) in [5.41, 5.74) is 2.08. The molecule has 1 fully saturated rings. The van der Waals surface area contributed by atoms with E-state index in [4.69, 9.17) is 5.11 Å². The number of piperazine rings is 1. The number of nitrogens with one attached hydrogen (secondary N) is 1. The van der Waals surface area contributed by atoms with Crippen molar-refractivity contribution in [1.29, 1.82) is 0 Å². The third kappa shape index (κ3) is 4.16. The van der Waals surface area contributed by atoms with Crippen LogP contribution in [-0.4, -0.2) is 65.6 Å². The summed E-state index contributed by atoms with van der Waals surface area (Å²) in [6.45, 7) is 4.68. The average molecular weight is 392 g/mol. The average Bonchev–Trinajstić information content (AvgIpc) is 2.75. The molecule has 4 rings (SSSR count). The first-order valence-corrected chi connectivity index (χ1v) is 9.72. The first-order valence-electron chi connectivity index (χ1n) is 9.72. The summed E-state index contributed by atoms with van der Waals surface area (Å²) in [4.78, 5) is 23.5. The van der Waals surface area contributed by atoms with E-state index in [2.05, 4.69) is 19.8 Å². The molecule has 7 heteroatoms. The van der Waals surface area contributed by atoms with E-state index in [0.29, 0.717) is 16.3 Å². The lowest BCUT2D eigenvalue weighted by molar-refractivity contribution is 0.189. The third-order valence-corrected chi connectivity index (χ3v) is 5.30. The zero-order valence-corrected chi connectivity index (χ0v) is 16.1. The normalized spacial score (nSPS) is 15.4. The number of β-amino-alcohol motifs (C(OH)–C–C–N with tert-alkyl or cyclic N) is 1. The second kappa shape index (κ2) is 8.46. The van der Waals surface area contributed by atoms with Crippen molar-refractivity contribution >= 4 is 28.4 Å². The molecule has 150 valence electrons. The van der Waals surface area contributed by atoms with Crippen molar-refractivity contribution in [2.75, 3.05) is 44.2 Å². The highest BCUT2D eigenvalue weighted by molar-refractivity contribution is 6.01. The molecule has 0 amide bonds. The standard InChI is InChI=1S/C22H24N4O3/c27-14-13-25-9-11-26(12-10-25)17-7-5-16(6-8-17)23-15-20-18-3-1-2-4-19(18)21(28)24-22(20)29/h1-8,15,27H,9-14H2,(H2,24,28,29). The number of hydrogen-bond acceptors (Lipinski definition) is 6. The zero-order valence-electron chi connectivity index (χ0n) is 16.1. The van der Waals surface area contributed by atoms with Gasteiger partial charge in [-0.3, -0.25) is 19.7 Å². The van der Waals surface area contributed by atoms with Crippen LogP contribution in [0.3, 0.4) is 0 Å². The Balaban J connectivity index is 1.51. The fraction of sp³-hybridized carbons (Fsp3) is 0.273. The molecule has 0 spiro atoms. The van der Waals surface area contributed by atoms with E-state index < -0.39 is 0 Å². The van der Waals surface area contributed by atoms with Gasteiger partial charge in [-0.2, -0.15) is 0 Å². The first-order chi connectivity index (χ1) is 14.2. The van der Waals surface area contributed by atoms with Crippen LogP contribution in [0.2, 0.25) is 0 Å². The fourth-order valence-corrected chi connectivity index (χ4v) is 3.68. The third-order valence-electron chi connectivity index (χ3n) is 5.30. The van der Waals surface area contributed by atoms with Crippen LogP contribution in [-0.2, 0) is 0 Å². The lowest BCUT2D eigenvalue weighted by Gasteiger charge is -2.35. The maximum Gasteiger partial charge on any atom is 0.258 e. The molecule has 0 saturated carbocycles. The number of aromatic amines is 1. The van der Waals surface area contributed by atoms with E-state index in [1.54, 1.807) is 24.4 Å². The molecule has 2 aromatic carbocycles. The van der Waals surface area contributed by atoms with Crippen molar-refractivity contribution in [3.63, 3.8) is 0 Å². The van der Waals surface area contributed by atoms with Crippen LogP contribution in [0.5, 0.6) is 5.88 Å². The van der Waals surface area contributed by atoms with Crippen molar-refractivity contribution in [3.05, 3.63) is 64.4 Å². The molecule has 1 aromatic heterocycles. The van der Waals surface area contributed by atoms with Gasteiger partial charge in [-0.05, 0) is 30.3 Å².